The van der Waals surface area contributed by atoms with E-state index in [-0.39, 0.29) is 29.6 Å². The fourth-order valence-electron chi connectivity index (χ4n) is 4.82. The van der Waals surface area contributed by atoms with Crippen molar-refractivity contribution in [2.24, 2.45) is 17.8 Å². The summed E-state index contributed by atoms with van der Waals surface area (Å²) in [4.78, 5) is 29.1. The average Bonchev–Trinajstić information content (AvgIpc) is 3.36. The van der Waals surface area contributed by atoms with Gasteiger partial charge in [-0.15, -0.1) is 0 Å². The van der Waals surface area contributed by atoms with E-state index in [9.17, 15) is 14.7 Å². The summed E-state index contributed by atoms with van der Waals surface area (Å²) in [6.45, 7) is 2.22. The molecule has 2 atom stereocenters. The number of hydrogen-bond acceptors (Lipinski definition) is 5. The second-order valence-corrected chi connectivity index (χ2v) is 8.83. The molecule has 33 heavy (non-hydrogen) atoms. The fourth-order valence-corrected chi connectivity index (χ4v) is 4.82. The van der Waals surface area contributed by atoms with Gasteiger partial charge in [0, 0.05) is 18.3 Å². The van der Waals surface area contributed by atoms with Crippen LogP contribution in [0.3, 0.4) is 0 Å². The van der Waals surface area contributed by atoms with E-state index < -0.39 is 5.97 Å². The summed E-state index contributed by atoms with van der Waals surface area (Å²) in [5.41, 5.74) is 1.62. The molecule has 1 saturated carbocycles. The summed E-state index contributed by atoms with van der Waals surface area (Å²) in [7, 11) is 1.63. The number of ether oxygens (including phenoxy) is 2. The van der Waals surface area contributed by atoms with Crippen LogP contribution in [0.2, 0.25) is 0 Å². The van der Waals surface area contributed by atoms with Gasteiger partial charge < -0.3 is 19.1 Å². The van der Waals surface area contributed by atoms with Gasteiger partial charge in [0.2, 0.25) is 0 Å². The lowest BCUT2D eigenvalue weighted by atomic mass is 9.74. The van der Waals surface area contributed by atoms with Gasteiger partial charge in [0.15, 0.2) is 5.78 Å². The van der Waals surface area contributed by atoms with E-state index in [1.165, 1.54) is 0 Å². The van der Waals surface area contributed by atoms with Gasteiger partial charge in [-0.1, -0.05) is 25.1 Å². The number of rotatable bonds is 8. The van der Waals surface area contributed by atoms with Crippen LogP contribution in [-0.2, 0) is 20.9 Å². The van der Waals surface area contributed by atoms with Crippen LogP contribution in [0.5, 0.6) is 5.75 Å². The van der Waals surface area contributed by atoms with Gasteiger partial charge >= 0.3 is 5.97 Å². The van der Waals surface area contributed by atoms with Gasteiger partial charge in [-0.2, -0.15) is 0 Å². The first-order chi connectivity index (χ1) is 16.0. The average molecular weight is 451 g/mol. The third-order valence-corrected chi connectivity index (χ3v) is 6.74. The first-order valence-electron chi connectivity index (χ1n) is 11.4. The second kappa shape index (κ2) is 10.1. The number of allylic oxidation sites excluding steroid dienone is 3. The van der Waals surface area contributed by atoms with E-state index >= 15 is 0 Å². The topological polar surface area (TPSA) is 90.7 Å². The lowest BCUT2D eigenvalue weighted by molar-refractivity contribution is -0.143. The van der Waals surface area contributed by atoms with Crippen molar-refractivity contribution in [2.45, 2.75) is 45.3 Å². The number of benzene rings is 1. The Morgan fingerprint density at radius 1 is 1.21 bits per heavy atom. The van der Waals surface area contributed by atoms with E-state index in [0.29, 0.717) is 30.8 Å². The van der Waals surface area contributed by atoms with Crippen molar-refractivity contribution in [2.75, 3.05) is 7.11 Å². The summed E-state index contributed by atoms with van der Waals surface area (Å²) in [5.74, 6) is 0.236. The standard InChI is InChI=1S/C26H30N2O5/c1-17-3-12-22(33-15-18-4-10-21(32-2)11-5-18)23(25(17)29)24(28-14-13-27-16-28)19-6-8-20(9-7-19)26(30)31/h3-5,10-14,16-17,19-20,24H,6-9,15H2,1-2H3,(H,30,31). The van der Waals surface area contributed by atoms with Crippen LogP contribution < -0.4 is 4.74 Å². The van der Waals surface area contributed by atoms with Gasteiger partial charge in [0.25, 0.3) is 0 Å². The van der Waals surface area contributed by atoms with E-state index in [1.54, 1.807) is 19.6 Å². The Bertz CT molecular complexity index is 1030. The molecule has 0 spiro atoms. The monoisotopic (exact) mass is 450 g/mol. The maximum atomic E-state index is 13.4. The van der Waals surface area contributed by atoms with Crippen LogP contribution >= 0.6 is 0 Å². The highest BCUT2D eigenvalue weighted by atomic mass is 16.5. The zero-order chi connectivity index (χ0) is 23.4. The number of carbonyl (C=O) groups is 2. The molecule has 7 heteroatoms. The van der Waals surface area contributed by atoms with Crippen molar-refractivity contribution in [1.29, 1.82) is 0 Å². The molecule has 4 rings (SSSR count). The van der Waals surface area contributed by atoms with Crippen LogP contribution in [-0.4, -0.2) is 33.5 Å². The molecule has 2 aliphatic carbocycles. The van der Waals surface area contributed by atoms with Gasteiger partial charge in [-0.3, -0.25) is 9.59 Å². The minimum absolute atomic E-state index is 0.0429. The number of carboxylic acid groups (broad SMARTS) is 1. The second-order valence-electron chi connectivity index (χ2n) is 8.83. The van der Waals surface area contributed by atoms with Crippen LogP contribution in [0.25, 0.3) is 0 Å². The number of ketones is 1. The minimum Gasteiger partial charge on any atom is -0.497 e. The first kappa shape index (κ1) is 22.8. The van der Waals surface area contributed by atoms with Crippen molar-refractivity contribution in [3.63, 3.8) is 0 Å². The van der Waals surface area contributed by atoms with E-state index in [4.69, 9.17) is 9.47 Å². The van der Waals surface area contributed by atoms with E-state index in [2.05, 4.69) is 4.98 Å². The number of Topliss-reactive ketones (excluding diaryl/α,β-unsaturated/α-hetero) is 1. The Morgan fingerprint density at radius 3 is 2.55 bits per heavy atom. The van der Waals surface area contributed by atoms with Gasteiger partial charge in [-0.05, 0) is 55.4 Å². The zero-order valence-electron chi connectivity index (χ0n) is 19.0. The van der Waals surface area contributed by atoms with Crippen LogP contribution in [0.15, 0.2) is 66.5 Å². The lowest BCUT2D eigenvalue weighted by Crippen LogP contribution is -2.33. The molecule has 0 bridgehead atoms. The van der Waals surface area contributed by atoms with Crippen molar-refractivity contribution in [1.82, 2.24) is 9.55 Å². The number of imidazole rings is 1. The molecule has 1 fully saturated rings. The van der Waals surface area contributed by atoms with Crippen molar-refractivity contribution in [3.05, 3.63) is 72.0 Å². The number of carbonyl (C=O) groups excluding carboxylic acids is 1. The molecule has 2 unspecified atom stereocenters. The van der Waals surface area contributed by atoms with E-state index in [1.807, 2.05) is 54.1 Å². The zero-order valence-corrected chi connectivity index (χ0v) is 19.0. The van der Waals surface area contributed by atoms with Crippen molar-refractivity contribution >= 4 is 11.8 Å². The number of methoxy groups -OCH3 is 1. The summed E-state index contributed by atoms with van der Waals surface area (Å²) in [6, 6.07) is 7.40. The number of aromatic nitrogens is 2. The number of hydrogen-bond donors (Lipinski definition) is 1. The summed E-state index contributed by atoms with van der Waals surface area (Å²) < 4.78 is 13.4. The predicted octanol–water partition coefficient (Wildman–Crippen LogP) is 4.57. The molecule has 0 amide bonds. The molecule has 1 aromatic heterocycles. The molecular weight excluding hydrogens is 420 g/mol. The van der Waals surface area contributed by atoms with Crippen LogP contribution in [0, 0.1) is 17.8 Å². The molecule has 1 N–H and O–H groups in total. The fraction of sp³-hybridized carbons (Fsp3) is 0.423. The van der Waals surface area contributed by atoms with Gasteiger partial charge in [0.1, 0.15) is 18.1 Å². The number of nitrogens with zero attached hydrogens (tertiary/aromatic N) is 2. The molecule has 1 aromatic carbocycles. The molecule has 2 aromatic rings. The maximum absolute atomic E-state index is 13.4. The molecule has 174 valence electrons. The Kier molecular flexibility index (Phi) is 6.96. The molecular formula is C26H30N2O5. The van der Waals surface area contributed by atoms with Gasteiger partial charge in [-0.25, -0.2) is 4.98 Å². The number of aliphatic carboxylic acids is 1. The lowest BCUT2D eigenvalue weighted by Gasteiger charge is -2.36. The Morgan fingerprint density at radius 2 is 1.94 bits per heavy atom. The van der Waals surface area contributed by atoms with E-state index in [0.717, 1.165) is 24.2 Å². The maximum Gasteiger partial charge on any atom is 0.306 e. The largest absolute Gasteiger partial charge is 0.497 e. The third-order valence-electron chi connectivity index (χ3n) is 6.74. The van der Waals surface area contributed by atoms with Crippen molar-refractivity contribution in [3.8, 4) is 5.75 Å². The molecule has 0 aliphatic heterocycles. The number of carboxylic acids is 1. The minimum atomic E-state index is -0.736. The Balaban J connectivity index is 1.64. The molecule has 1 heterocycles. The predicted molar refractivity (Wildman–Crippen MR) is 122 cm³/mol. The van der Waals surface area contributed by atoms with Crippen molar-refractivity contribution < 1.29 is 24.2 Å². The molecule has 0 radical (unpaired) electrons. The SMILES string of the molecule is COc1ccc(COC2=C(C(C3CCC(C(=O)O)CC3)n3ccnc3)C(=O)C(C)C=C2)cc1. The smallest absolute Gasteiger partial charge is 0.306 e. The quantitative estimate of drug-likeness (QED) is 0.634. The van der Waals surface area contributed by atoms with Crippen LogP contribution in [0.4, 0.5) is 0 Å². The molecule has 2 aliphatic rings. The highest BCUT2D eigenvalue weighted by Gasteiger charge is 2.38. The van der Waals surface area contributed by atoms with Gasteiger partial charge in [0.05, 0.1) is 31.0 Å². The molecule has 7 nitrogen and oxygen atoms in total. The summed E-state index contributed by atoms with van der Waals surface area (Å²) in [6.07, 6.45) is 11.8. The molecule has 0 saturated heterocycles. The third kappa shape index (κ3) is 5.02. The summed E-state index contributed by atoms with van der Waals surface area (Å²) in [5, 5.41) is 9.41. The highest BCUT2D eigenvalue weighted by molar-refractivity contribution is 6.00. The Labute approximate surface area is 193 Å². The summed E-state index contributed by atoms with van der Waals surface area (Å²) >= 11 is 0. The first-order valence-corrected chi connectivity index (χ1v) is 11.4. The van der Waals surface area contributed by atoms with Crippen LogP contribution in [0.1, 0.15) is 44.2 Å². The normalized spacial score (nSPS) is 23.9. The highest BCUT2D eigenvalue weighted by Crippen LogP contribution is 2.42. The Hall–Kier alpha value is -3.35.